The molecular formula is C30H24N2O6S. The van der Waals surface area contributed by atoms with Gasteiger partial charge in [-0.3, -0.25) is 9.36 Å². The number of hydrogen-bond donors (Lipinski definition) is 0. The molecule has 196 valence electrons. The highest BCUT2D eigenvalue weighted by atomic mass is 32.1. The minimum atomic E-state index is -0.814. The first kappa shape index (κ1) is 24.7. The van der Waals surface area contributed by atoms with Gasteiger partial charge in [-0.25, -0.2) is 9.79 Å². The molecule has 6 rings (SSSR count). The van der Waals surface area contributed by atoms with Crippen LogP contribution in [-0.4, -0.2) is 31.0 Å². The van der Waals surface area contributed by atoms with Crippen molar-refractivity contribution >= 4 is 29.1 Å². The van der Waals surface area contributed by atoms with Crippen LogP contribution in [0.15, 0.2) is 88.2 Å². The average Bonchev–Trinajstić information content (AvgIpc) is 3.56. The average molecular weight is 541 g/mol. The van der Waals surface area contributed by atoms with Crippen LogP contribution in [0.2, 0.25) is 0 Å². The molecule has 0 N–H and O–H groups in total. The van der Waals surface area contributed by atoms with Crippen molar-refractivity contribution in [2.75, 3.05) is 20.5 Å². The van der Waals surface area contributed by atoms with Gasteiger partial charge in [0.05, 0.1) is 29.5 Å². The van der Waals surface area contributed by atoms with Crippen LogP contribution in [-0.2, 0) is 9.53 Å². The lowest BCUT2D eigenvalue weighted by Gasteiger charge is -2.27. The molecule has 0 spiro atoms. The van der Waals surface area contributed by atoms with Crippen LogP contribution in [0.5, 0.6) is 17.2 Å². The number of ether oxygens (including phenoxy) is 4. The summed E-state index contributed by atoms with van der Waals surface area (Å²) in [7, 11) is 1.56. The molecule has 2 aliphatic heterocycles. The molecule has 8 nitrogen and oxygen atoms in total. The van der Waals surface area contributed by atoms with Crippen molar-refractivity contribution in [1.82, 2.24) is 4.57 Å². The Morgan fingerprint density at radius 3 is 2.64 bits per heavy atom. The third-order valence-corrected chi connectivity index (χ3v) is 7.48. The molecule has 9 heteroatoms. The Morgan fingerprint density at radius 2 is 1.85 bits per heavy atom. The number of carbonyl (C=O) groups is 1. The fourth-order valence-corrected chi connectivity index (χ4v) is 5.78. The van der Waals surface area contributed by atoms with E-state index in [9.17, 15) is 9.59 Å². The highest BCUT2D eigenvalue weighted by Crippen LogP contribution is 2.38. The Kier molecular flexibility index (Phi) is 6.50. The van der Waals surface area contributed by atoms with Gasteiger partial charge in [-0.2, -0.15) is 0 Å². The van der Waals surface area contributed by atoms with E-state index >= 15 is 0 Å². The summed E-state index contributed by atoms with van der Waals surface area (Å²) < 4.78 is 24.1. The molecule has 0 fully saturated rings. The van der Waals surface area contributed by atoms with Gasteiger partial charge in [-0.1, -0.05) is 65.9 Å². The molecule has 0 saturated carbocycles. The quantitative estimate of drug-likeness (QED) is 0.347. The molecule has 1 atom stereocenters. The summed E-state index contributed by atoms with van der Waals surface area (Å²) in [6.07, 6.45) is 1.79. The van der Waals surface area contributed by atoms with Crippen LogP contribution in [0.4, 0.5) is 0 Å². The monoisotopic (exact) mass is 540 g/mol. The van der Waals surface area contributed by atoms with Gasteiger partial charge < -0.3 is 18.9 Å². The summed E-state index contributed by atoms with van der Waals surface area (Å²) in [6, 6.07) is 21.5. The number of rotatable bonds is 6. The zero-order chi connectivity index (χ0) is 26.9. The maximum absolute atomic E-state index is 14.0. The number of fused-ring (bicyclic) bond motifs is 2. The van der Waals surface area contributed by atoms with Crippen LogP contribution >= 0.6 is 11.3 Å². The van der Waals surface area contributed by atoms with Crippen LogP contribution in [0.3, 0.4) is 0 Å². The first-order valence-electron chi connectivity index (χ1n) is 12.4. The lowest BCUT2D eigenvalue weighted by molar-refractivity contribution is -0.138. The molecule has 4 aromatic rings. The van der Waals surface area contributed by atoms with Crippen LogP contribution in [0.1, 0.15) is 29.7 Å². The second kappa shape index (κ2) is 10.3. The van der Waals surface area contributed by atoms with Gasteiger partial charge in [0.2, 0.25) is 6.79 Å². The van der Waals surface area contributed by atoms with E-state index in [2.05, 4.69) is 0 Å². The Morgan fingerprint density at radius 1 is 1.08 bits per heavy atom. The highest BCUT2D eigenvalue weighted by molar-refractivity contribution is 7.07. The molecule has 3 heterocycles. The first-order valence-corrected chi connectivity index (χ1v) is 13.2. The summed E-state index contributed by atoms with van der Waals surface area (Å²) >= 11 is 1.26. The van der Waals surface area contributed by atoms with E-state index in [0.717, 1.165) is 11.1 Å². The van der Waals surface area contributed by atoms with Crippen molar-refractivity contribution in [1.29, 1.82) is 0 Å². The summed E-state index contributed by atoms with van der Waals surface area (Å²) in [6.45, 7) is 2.09. The van der Waals surface area contributed by atoms with Gasteiger partial charge in [0.1, 0.15) is 11.8 Å². The fourth-order valence-electron chi connectivity index (χ4n) is 4.78. The predicted octanol–water partition coefficient (Wildman–Crippen LogP) is 3.67. The van der Waals surface area contributed by atoms with Crippen molar-refractivity contribution < 1.29 is 23.7 Å². The van der Waals surface area contributed by atoms with Crippen molar-refractivity contribution in [2.24, 2.45) is 4.99 Å². The topological polar surface area (TPSA) is 88.4 Å². The van der Waals surface area contributed by atoms with Gasteiger partial charge in [-0.15, -0.1) is 0 Å². The Bertz CT molecular complexity index is 1790. The third-order valence-electron chi connectivity index (χ3n) is 6.50. The number of aromatic nitrogens is 1. The van der Waals surface area contributed by atoms with Crippen LogP contribution in [0, 0.1) is 0 Å². The molecular weight excluding hydrogens is 516 g/mol. The maximum atomic E-state index is 14.0. The second-order valence-electron chi connectivity index (χ2n) is 8.79. The van der Waals surface area contributed by atoms with Crippen molar-refractivity contribution in [3.8, 4) is 17.2 Å². The number of carbonyl (C=O) groups excluding carboxylic acids is 1. The molecule has 0 saturated heterocycles. The molecule has 2 aliphatic rings. The smallest absolute Gasteiger partial charge is 0.338 e. The lowest BCUT2D eigenvalue weighted by atomic mass is 9.92. The van der Waals surface area contributed by atoms with Crippen LogP contribution in [0.25, 0.3) is 11.8 Å². The largest absolute Gasteiger partial charge is 0.496 e. The van der Waals surface area contributed by atoms with Gasteiger partial charge in [0.15, 0.2) is 16.3 Å². The number of nitrogens with zero attached hydrogens (tertiary/aromatic N) is 2. The summed E-state index contributed by atoms with van der Waals surface area (Å²) in [5.74, 6) is 1.29. The summed E-state index contributed by atoms with van der Waals surface area (Å²) in [5.41, 5.74) is 2.64. The molecule has 0 unspecified atom stereocenters. The van der Waals surface area contributed by atoms with E-state index in [1.165, 1.54) is 11.3 Å². The van der Waals surface area contributed by atoms with E-state index < -0.39 is 12.0 Å². The van der Waals surface area contributed by atoms with E-state index in [0.29, 0.717) is 37.8 Å². The SMILES string of the molecule is CCOC(=O)C1=C(c2ccccc2)N=c2s/c(=C/c3ccc4c(c3)OCO4)c(=O)n2[C@@H]1c1ccccc1OC. The number of benzene rings is 3. The fraction of sp³-hybridized carbons (Fsp3) is 0.167. The van der Waals surface area contributed by atoms with E-state index in [-0.39, 0.29) is 24.5 Å². The maximum Gasteiger partial charge on any atom is 0.338 e. The first-order chi connectivity index (χ1) is 19.1. The van der Waals surface area contributed by atoms with Crippen molar-refractivity contribution in [3.63, 3.8) is 0 Å². The third kappa shape index (κ3) is 4.40. The molecule has 0 aliphatic carbocycles. The second-order valence-corrected chi connectivity index (χ2v) is 9.80. The number of thiazole rings is 1. The molecule has 0 radical (unpaired) electrons. The minimum Gasteiger partial charge on any atom is -0.496 e. The van der Waals surface area contributed by atoms with Crippen LogP contribution < -0.4 is 29.1 Å². The Balaban J connectivity index is 1.64. The molecule has 39 heavy (non-hydrogen) atoms. The van der Waals surface area contributed by atoms with Gasteiger partial charge in [0, 0.05) is 11.1 Å². The van der Waals surface area contributed by atoms with Gasteiger partial charge in [-0.05, 0) is 36.8 Å². The Labute approximate surface area is 227 Å². The zero-order valence-electron chi connectivity index (χ0n) is 21.2. The molecule has 0 amide bonds. The minimum absolute atomic E-state index is 0.165. The zero-order valence-corrected chi connectivity index (χ0v) is 22.1. The van der Waals surface area contributed by atoms with E-state index in [4.69, 9.17) is 23.9 Å². The standard InChI is InChI=1S/C30H24N2O6S/c1-3-36-29(34)25-26(19-9-5-4-6-10-19)31-30-32(27(25)20-11-7-8-12-21(20)35-2)28(33)24(39-30)16-18-13-14-22-23(15-18)38-17-37-22/h4-16,27H,3,17H2,1-2H3/b24-16+/t27-/m1/s1. The number of hydrogen-bond acceptors (Lipinski definition) is 8. The van der Waals surface area contributed by atoms with E-state index in [1.54, 1.807) is 24.7 Å². The number of methoxy groups -OCH3 is 1. The van der Waals surface area contributed by atoms with Crippen molar-refractivity contribution in [3.05, 3.63) is 115 Å². The predicted molar refractivity (Wildman–Crippen MR) is 147 cm³/mol. The molecule has 3 aromatic carbocycles. The summed E-state index contributed by atoms with van der Waals surface area (Å²) in [4.78, 5) is 32.9. The number of esters is 1. The summed E-state index contributed by atoms with van der Waals surface area (Å²) in [5, 5.41) is 0. The van der Waals surface area contributed by atoms with Crippen molar-refractivity contribution in [2.45, 2.75) is 13.0 Å². The van der Waals surface area contributed by atoms with E-state index in [1.807, 2.05) is 72.8 Å². The lowest BCUT2D eigenvalue weighted by Crippen LogP contribution is -2.40. The highest BCUT2D eigenvalue weighted by Gasteiger charge is 2.36. The number of para-hydroxylation sites is 1. The molecule has 0 bridgehead atoms. The van der Waals surface area contributed by atoms with Gasteiger partial charge >= 0.3 is 5.97 Å². The van der Waals surface area contributed by atoms with Gasteiger partial charge in [0.25, 0.3) is 5.56 Å². The Hall–Kier alpha value is -4.63. The normalized spacial score (nSPS) is 16.1. The molecule has 1 aromatic heterocycles.